The van der Waals surface area contributed by atoms with E-state index >= 15 is 0 Å². The molecule has 13 atom stereocenters. The molecule has 0 radical (unpaired) electrons. The highest BCUT2D eigenvalue weighted by atomic mass is 16.8. The first kappa shape index (κ1) is 54.0. The van der Waals surface area contributed by atoms with Gasteiger partial charge in [0.05, 0.1) is 31.3 Å². The van der Waals surface area contributed by atoms with Crippen molar-refractivity contribution in [3.63, 3.8) is 0 Å². The van der Waals surface area contributed by atoms with Crippen molar-refractivity contribution < 1.29 is 105 Å². The first-order chi connectivity index (χ1) is 34.0. The van der Waals surface area contributed by atoms with Crippen LogP contribution in [0.3, 0.4) is 0 Å². The summed E-state index contributed by atoms with van der Waals surface area (Å²) in [7, 11) is 2.28. The summed E-state index contributed by atoms with van der Waals surface area (Å²) in [5, 5.41) is 12.2. The number of methoxy groups -OCH3 is 2. The maximum absolute atomic E-state index is 14.3. The van der Waals surface area contributed by atoms with E-state index in [0.29, 0.717) is 0 Å². The average molecular weight is 997 g/mol. The molecule has 6 rings (SSSR count). The van der Waals surface area contributed by atoms with Crippen LogP contribution < -0.4 is 0 Å². The molecule has 3 fully saturated rings. The summed E-state index contributed by atoms with van der Waals surface area (Å²) in [5.74, 6) is -9.19. The Morgan fingerprint density at radius 3 is 1.75 bits per heavy atom. The van der Waals surface area contributed by atoms with E-state index in [9.17, 15) is 38.7 Å². The van der Waals surface area contributed by atoms with Gasteiger partial charge < -0.3 is 71.4 Å². The highest BCUT2D eigenvalue weighted by Gasteiger charge is 2.63. The number of carbonyl (C=O) groups excluding carboxylic acids is 7. The van der Waals surface area contributed by atoms with Gasteiger partial charge in [-0.2, -0.15) is 0 Å². The zero-order valence-electron chi connectivity index (χ0n) is 39.6. The summed E-state index contributed by atoms with van der Waals surface area (Å²) >= 11 is 0. The zero-order chi connectivity index (χ0) is 51.2. The van der Waals surface area contributed by atoms with E-state index in [1.807, 2.05) is 18.2 Å². The molecule has 0 aromatic heterocycles. The molecule has 3 heterocycles. The average Bonchev–Trinajstić information content (AvgIpc) is 3.84. The summed E-state index contributed by atoms with van der Waals surface area (Å²) in [4.78, 5) is 90.5. The van der Waals surface area contributed by atoms with E-state index in [0.717, 1.165) is 40.4 Å². The SMILES string of the molecule is COC(=O)C1(OC2C(OC3C(OC)OC(COC(=O)c4ccccc4)C3OCc3ccccc3)OC(COC(=O)c3ccccc3)C2O)CC(OC(C)=O)C(OC(C)=O)C(C(COC(C)=O)OC(C)=O)O1. The Kier molecular flexibility index (Phi) is 19.1. The standard InChI is InChI=1S/C49H56O22/c1-27(50)60-25-37(65-29(3)52)41-40(66-30(4)53)34(64-28(2)51)22-49(70-41,48(57)59-6)71-42-38(54)35(24-62-44(55)32-18-12-8-13-19-32)67-47(42)69-43-39(61-23-31-16-10-7-11-17-31)36(68-46(43)58-5)26-63-45(56)33-20-14-9-15-21-33/h7-21,34-43,46-47,54H,22-26H2,1-6H3. The van der Waals surface area contributed by atoms with Gasteiger partial charge in [-0.3, -0.25) is 19.2 Å². The van der Waals surface area contributed by atoms with Crippen LogP contribution in [0, 0.1) is 0 Å². The van der Waals surface area contributed by atoms with Gasteiger partial charge in [0.2, 0.25) is 0 Å². The second kappa shape index (κ2) is 25.1. The summed E-state index contributed by atoms with van der Waals surface area (Å²) in [6.07, 6.45) is -19.4. The van der Waals surface area contributed by atoms with E-state index < -0.39 is 141 Å². The number of benzene rings is 3. The van der Waals surface area contributed by atoms with Gasteiger partial charge in [0.25, 0.3) is 5.79 Å². The molecule has 1 N–H and O–H groups in total. The van der Waals surface area contributed by atoms with Gasteiger partial charge in [-0.25, -0.2) is 14.4 Å². The lowest BCUT2D eigenvalue weighted by Crippen LogP contribution is -2.66. The second-order valence-electron chi connectivity index (χ2n) is 16.4. The van der Waals surface area contributed by atoms with E-state index in [4.69, 9.17) is 66.3 Å². The molecule has 22 nitrogen and oxygen atoms in total. The van der Waals surface area contributed by atoms with Gasteiger partial charge in [-0.15, -0.1) is 0 Å². The molecule has 13 unspecified atom stereocenters. The van der Waals surface area contributed by atoms with Crippen LogP contribution >= 0.6 is 0 Å². The fraction of sp³-hybridized carbons (Fsp3) is 0.490. The van der Waals surface area contributed by atoms with Crippen LogP contribution in [0.1, 0.15) is 60.4 Å². The van der Waals surface area contributed by atoms with Gasteiger partial charge in [-0.1, -0.05) is 66.7 Å². The van der Waals surface area contributed by atoms with Gasteiger partial charge in [-0.05, 0) is 29.8 Å². The van der Waals surface area contributed by atoms with Crippen molar-refractivity contribution in [1.82, 2.24) is 0 Å². The first-order valence-corrected chi connectivity index (χ1v) is 22.4. The van der Waals surface area contributed by atoms with Crippen LogP contribution in [0.15, 0.2) is 91.0 Å². The minimum atomic E-state index is -2.80. The highest BCUT2D eigenvalue weighted by molar-refractivity contribution is 5.89. The number of rotatable bonds is 21. The van der Waals surface area contributed by atoms with Crippen LogP contribution in [0.2, 0.25) is 0 Å². The molecule has 0 aliphatic carbocycles. The number of aliphatic hydroxyl groups excluding tert-OH is 1. The van der Waals surface area contributed by atoms with Crippen LogP contribution in [-0.4, -0.2) is 160 Å². The van der Waals surface area contributed by atoms with Crippen molar-refractivity contribution in [2.75, 3.05) is 34.0 Å². The Hall–Kier alpha value is -6.37. The molecule has 22 heteroatoms. The lowest BCUT2D eigenvalue weighted by Gasteiger charge is -2.47. The molecular weight excluding hydrogens is 941 g/mol. The Morgan fingerprint density at radius 2 is 1.21 bits per heavy atom. The molecule has 384 valence electrons. The number of aliphatic hydroxyl groups is 1. The topological polar surface area (TPSA) is 269 Å². The molecule has 3 aromatic carbocycles. The fourth-order valence-electron chi connectivity index (χ4n) is 8.10. The number of esters is 7. The third kappa shape index (κ3) is 14.2. The number of ether oxygens (including phenoxy) is 14. The Balaban J connectivity index is 1.40. The minimum absolute atomic E-state index is 0.0149. The Bertz CT molecular complexity index is 2280. The monoisotopic (exact) mass is 996 g/mol. The zero-order valence-corrected chi connectivity index (χ0v) is 39.6. The van der Waals surface area contributed by atoms with Gasteiger partial charge in [0.1, 0.15) is 68.7 Å². The Labute approximate surface area is 407 Å². The van der Waals surface area contributed by atoms with Gasteiger partial charge in [0.15, 0.2) is 24.8 Å². The smallest absolute Gasteiger partial charge is 0.366 e. The molecule has 3 aliphatic heterocycles. The molecular formula is C49H56O22. The van der Waals surface area contributed by atoms with Crippen molar-refractivity contribution in [1.29, 1.82) is 0 Å². The van der Waals surface area contributed by atoms with E-state index in [1.54, 1.807) is 60.7 Å². The van der Waals surface area contributed by atoms with Crippen molar-refractivity contribution in [3.05, 3.63) is 108 Å². The normalized spacial score (nSPS) is 28.4. The molecule has 3 saturated heterocycles. The third-order valence-electron chi connectivity index (χ3n) is 11.2. The van der Waals surface area contributed by atoms with Crippen LogP contribution in [0.25, 0.3) is 0 Å². The molecule has 0 amide bonds. The summed E-state index contributed by atoms with van der Waals surface area (Å²) in [6.45, 7) is 2.41. The second-order valence-corrected chi connectivity index (χ2v) is 16.4. The molecule has 71 heavy (non-hydrogen) atoms. The molecule has 3 aromatic rings. The summed E-state index contributed by atoms with van der Waals surface area (Å²) in [6, 6.07) is 25.2. The molecule has 0 spiro atoms. The van der Waals surface area contributed by atoms with Gasteiger partial charge in [0, 0.05) is 34.8 Å². The first-order valence-electron chi connectivity index (χ1n) is 22.4. The highest BCUT2D eigenvalue weighted by Crippen LogP contribution is 2.42. The Morgan fingerprint density at radius 1 is 0.648 bits per heavy atom. The predicted octanol–water partition coefficient (Wildman–Crippen LogP) is 2.53. The van der Waals surface area contributed by atoms with E-state index in [-0.39, 0.29) is 24.3 Å². The summed E-state index contributed by atoms with van der Waals surface area (Å²) < 4.78 is 82.4. The van der Waals surface area contributed by atoms with Crippen molar-refractivity contribution in [2.45, 2.75) is 120 Å². The minimum Gasteiger partial charge on any atom is -0.465 e. The molecule has 3 aliphatic rings. The van der Waals surface area contributed by atoms with E-state index in [2.05, 4.69) is 0 Å². The van der Waals surface area contributed by atoms with E-state index in [1.165, 1.54) is 19.2 Å². The maximum Gasteiger partial charge on any atom is 0.366 e. The van der Waals surface area contributed by atoms with Crippen molar-refractivity contribution in [2.24, 2.45) is 0 Å². The quantitative estimate of drug-likeness (QED) is 0.119. The molecule has 0 bridgehead atoms. The number of hydrogen-bond donors (Lipinski definition) is 1. The lowest BCUT2D eigenvalue weighted by atomic mass is 9.91. The van der Waals surface area contributed by atoms with Crippen LogP contribution in [0.4, 0.5) is 0 Å². The maximum atomic E-state index is 14.3. The third-order valence-corrected chi connectivity index (χ3v) is 11.2. The van der Waals surface area contributed by atoms with Crippen molar-refractivity contribution in [3.8, 4) is 0 Å². The van der Waals surface area contributed by atoms with Gasteiger partial charge >= 0.3 is 41.8 Å². The summed E-state index contributed by atoms with van der Waals surface area (Å²) in [5.41, 5.74) is 1.17. The number of carbonyl (C=O) groups is 7. The largest absolute Gasteiger partial charge is 0.465 e. The van der Waals surface area contributed by atoms with Crippen molar-refractivity contribution >= 4 is 41.8 Å². The fourth-order valence-corrected chi connectivity index (χ4v) is 8.10. The van der Waals surface area contributed by atoms with Crippen LogP contribution in [-0.2, 0) is 96.9 Å². The lowest BCUT2D eigenvalue weighted by molar-refractivity contribution is -0.354. The predicted molar refractivity (Wildman–Crippen MR) is 236 cm³/mol. The van der Waals surface area contributed by atoms with Crippen LogP contribution in [0.5, 0.6) is 0 Å². The number of hydrogen-bond acceptors (Lipinski definition) is 22. The molecule has 0 saturated carbocycles.